The summed E-state index contributed by atoms with van der Waals surface area (Å²) in [4.78, 5) is 38.9. The maximum absolute atomic E-state index is 13.8. The van der Waals surface area contributed by atoms with Gasteiger partial charge in [0.25, 0.3) is 0 Å². The van der Waals surface area contributed by atoms with Gasteiger partial charge in [-0.2, -0.15) is 0 Å². The van der Waals surface area contributed by atoms with Crippen LogP contribution in [-0.4, -0.2) is 66.0 Å². The Labute approximate surface area is 156 Å². The molecule has 1 N–H and O–H groups in total. The quantitative estimate of drug-likeness (QED) is 0.806. The van der Waals surface area contributed by atoms with Gasteiger partial charge in [-0.25, -0.2) is 4.39 Å². The molecule has 8 heteroatoms. The predicted octanol–water partition coefficient (Wildman–Crippen LogP) is 1.29. The number of hydrogen-bond donors (Lipinski definition) is 1. The lowest BCUT2D eigenvalue weighted by molar-refractivity contribution is -0.141. The molecule has 0 aliphatic carbocycles. The number of methoxy groups -OCH3 is 1. The van der Waals surface area contributed by atoms with Crippen LogP contribution in [0.3, 0.4) is 0 Å². The monoisotopic (exact) mass is 378 g/mol. The first kappa shape index (κ1) is 19.3. The Balaban J connectivity index is 1.80. The highest BCUT2D eigenvalue weighted by molar-refractivity contribution is 5.81. The molecular weight excluding hydrogens is 355 g/mol. The van der Waals surface area contributed by atoms with Crippen LogP contribution < -0.4 is 0 Å². The fourth-order valence-corrected chi connectivity index (χ4v) is 4.20. The summed E-state index contributed by atoms with van der Waals surface area (Å²) in [5.41, 5.74) is 0.701. The van der Waals surface area contributed by atoms with Crippen LogP contribution in [0.1, 0.15) is 24.4 Å². The highest BCUT2D eigenvalue weighted by atomic mass is 19.1. The van der Waals surface area contributed by atoms with Crippen LogP contribution in [0, 0.1) is 17.7 Å². The summed E-state index contributed by atoms with van der Waals surface area (Å²) >= 11 is 0. The van der Waals surface area contributed by atoms with Crippen molar-refractivity contribution < 1.29 is 28.6 Å². The average Bonchev–Trinajstić information content (AvgIpc) is 3.17. The fourth-order valence-electron chi connectivity index (χ4n) is 4.20. The molecule has 3 atom stereocenters. The molecule has 0 radical (unpaired) electrons. The van der Waals surface area contributed by atoms with Crippen LogP contribution in [0.4, 0.5) is 4.39 Å². The molecule has 2 amide bonds. The smallest absolute Gasteiger partial charge is 0.303 e. The van der Waals surface area contributed by atoms with Crippen LogP contribution in [0.15, 0.2) is 24.3 Å². The van der Waals surface area contributed by atoms with E-state index in [1.165, 1.54) is 19.2 Å². The van der Waals surface area contributed by atoms with Crippen molar-refractivity contribution in [1.29, 1.82) is 0 Å². The third-order valence-corrected chi connectivity index (χ3v) is 5.35. The molecule has 2 aliphatic heterocycles. The van der Waals surface area contributed by atoms with Crippen LogP contribution in [0.2, 0.25) is 0 Å². The second-order valence-electron chi connectivity index (χ2n) is 7.10. The summed E-state index contributed by atoms with van der Waals surface area (Å²) in [5, 5.41) is 8.77. The Morgan fingerprint density at radius 1 is 1.19 bits per heavy atom. The Hall–Kier alpha value is -2.48. The topological polar surface area (TPSA) is 87.2 Å². The molecule has 0 spiro atoms. The van der Waals surface area contributed by atoms with Crippen molar-refractivity contribution in [3.63, 3.8) is 0 Å². The largest absolute Gasteiger partial charge is 0.481 e. The summed E-state index contributed by atoms with van der Waals surface area (Å²) < 4.78 is 18.7. The minimum absolute atomic E-state index is 0.0126. The zero-order valence-corrected chi connectivity index (χ0v) is 15.1. The van der Waals surface area contributed by atoms with Crippen molar-refractivity contribution in [2.45, 2.75) is 18.9 Å². The van der Waals surface area contributed by atoms with Gasteiger partial charge in [-0.15, -0.1) is 0 Å². The number of carbonyl (C=O) groups excluding carboxylic acids is 2. The number of carboxylic acids is 1. The van der Waals surface area contributed by atoms with Crippen molar-refractivity contribution in [3.05, 3.63) is 35.6 Å². The Bertz CT molecular complexity index is 741. The van der Waals surface area contributed by atoms with Gasteiger partial charge in [-0.1, -0.05) is 12.1 Å². The summed E-state index contributed by atoms with van der Waals surface area (Å²) in [5.74, 6) is -1.67. The van der Waals surface area contributed by atoms with Gasteiger partial charge >= 0.3 is 5.97 Å². The number of nitrogens with zero attached hydrogens (tertiary/aromatic N) is 2. The molecule has 0 saturated carbocycles. The van der Waals surface area contributed by atoms with Gasteiger partial charge in [-0.05, 0) is 17.7 Å². The second kappa shape index (κ2) is 8.04. The van der Waals surface area contributed by atoms with Crippen LogP contribution in [0.25, 0.3) is 0 Å². The Morgan fingerprint density at radius 2 is 1.96 bits per heavy atom. The first-order chi connectivity index (χ1) is 12.9. The van der Waals surface area contributed by atoms with Crippen LogP contribution >= 0.6 is 0 Å². The molecule has 146 valence electrons. The number of fused-ring (bicyclic) bond motifs is 1. The molecule has 0 aromatic heterocycles. The molecule has 27 heavy (non-hydrogen) atoms. The molecule has 7 nitrogen and oxygen atoms in total. The standard InChI is InChI=1S/C19H23FN2O5/c1-27-11-17(24)22-9-13-8-21(16(23)5-6-18(25)26)10-15(13)19(22)12-3-2-4-14(20)7-12/h2-4,7,13,15,19H,5-6,8-11H2,1H3,(H,25,26)/t13-,15-,19+/m1/s1. The fraction of sp³-hybridized carbons (Fsp3) is 0.526. The van der Waals surface area contributed by atoms with E-state index in [9.17, 15) is 18.8 Å². The van der Waals surface area contributed by atoms with Gasteiger partial charge in [-0.3, -0.25) is 14.4 Å². The molecule has 1 aromatic rings. The molecule has 2 fully saturated rings. The molecular formula is C19H23FN2O5. The van der Waals surface area contributed by atoms with Crippen molar-refractivity contribution >= 4 is 17.8 Å². The average molecular weight is 378 g/mol. The van der Waals surface area contributed by atoms with Gasteiger partial charge in [0.1, 0.15) is 12.4 Å². The number of ether oxygens (including phenoxy) is 1. The van der Waals surface area contributed by atoms with E-state index in [-0.39, 0.29) is 55.0 Å². The lowest BCUT2D eigenvalue weighted by atomic mass is 9.89. The zero-order valence-electron chi connectivity index (χ0n) is 15.1. The van der Waals surface area contributed by atoms with Gasteiger partial charge < -0.3 is 19.6 Å². The first-order valence-corrected chi connectivity index (χ1v) is 8.94. The van der Waals surface area contributed by atoms with E-state index in [2.05, 4.69) is 0 Å². The van der Waals surface area contributed by atoms with Crippen molar-refractivity contribution in [2.24, 2.45) is 11.8 Å². The Kier molecular flexibility index (Phi) is 5.74. The number of carbonyl (C=O) groups is 3. The number of amides is 2. The molecule has 3 rings (SSSR count). The third-order valence-electron chi connectivity index (χ3n) is 5.35. The number of halogens is 1. The number of likely N-dealkylation sites (tertiary alicyclic amines) is 2. The minimum atomic E-state index is -1.00. The van der Waals surface area contributed by atoms with Gasteiger partial charge in [0, 0.05) is 45.0 Å². The lowest BCUT2D eigenvalue weighted by Gasteiger charge is -2.30. The second-order valence-corrected chi connectivity index (χ2v) is 7.10. The highest BCUT2D eigenvalue weighted by Crippen LogP contribution is 2.45. The van der Waals surface area contributed by atoms with Gasteiger partial charge in [0.15, 0.2) is 0 Å². The van der Waals surface area contributed by atoms with E-state index in [1.54, 1.807) is 21.9 Å². The van der Waals surface area contributed by atoms with Crippen molar-refractivity contribution in [1.82, 2.24) is 9.80 Å². The van der Waals surface area contributed by atoms with E-state index in [4.69, 9.17) is 9.84 Å². The molecule has 2 aliphatic rings. The summed E-state index contributed by atoms with van der Waals surface area (Å²) in [7, 11) is 1.45. The van der Waals surface area contributed by atoms with E-state index in [0.29, 0.717) is 25.2 Å². The van der Waals surface area contributed by atoms with E-state index >= 15 is 0 Å². The normalized spacial score (nSPS) is 24.1. The number of hydrogen-bond acceptors (Lipinski definition) is 4. The van der Waals surface area contributed by atoms with E-state index in [0.717, 1.165) is 0 Å². The molecule has 1 aromatic carbocycles. The van der Waals surface area contributed by atoms with E-state index in [1.807, 2.05) is 0 Å². The number of aliphatic carboxylic acids is 1. The number of rotatable bonds is 6. The summed E-state index contributed by atoms with van der Waals surface area (Å²) in [6.45, 7) is 1.33. The van der Waals surface area contributed by atoms with Crippen LogP contribution in [-0.2, 0) is 19.1 Å². The van der Waals surface area contributed by atoms with E-state index < -0.39 is 5.97 Å². The molecule has 0 bridgehead atoms. The zero-order chi connectivity index (χ0) is 19.6. The maximum atomic E-state index is 13.8. The first-order valence-electron chi connectivity index (χ1n) is 8.94. The van der Waals surface area contributed by atoms with Gasteiger partial charge in [0.2, 0.25) is 11.8 Å². The Morgan fingerprint density at radius 3 is 2.63 bits per heavy atom. The highest BCUT2D eigenvalue weighted by Gasteiger charge is 2.49. The van der Waals surface area contributed by atoms with Gasteiger partial charge in [0.05, 0.1) is 12.5 Å². The van der Waals surface area contributed by atoms with Crippen molar-refractivity contribution in [2.75, 3.05) is 33.4 Å². The number of benzene rings is 1. The minimum Gasteiger partial charge on any atom is -0.481 e. The summed E-state index contributed by atoms with van der Waals surface area (Å²) in [6, 6.07) is 5.85. The SMILES string of the molecule is COCC(=O)N1C[C@H]2CN(C(=O)CCC(=O)O)C[C@H]2[C@@H]1c1cccc(F)c1. The summed E-state index contributed by atoms with van der Waals surface area (Å²) in [6.07, 6.45) is -0.234. The maximum Gasteiger partial charge on any atom is 0.303 e. The van der Waals surface area contributed by atoms with Crippen LogP contribution in [0.5, 0.6) is 0 Å². The third kappa shape index (κ3) is 4.10. The predicted molar refractivity (Wildman–Crippen MR) is 93.2 cm³/mol. The lowest BCUT2D eigenvalue weighted by Crippen LogP contribution is -2.39. The molecule has 2 heterocycles. The molecule has 0 unspecified atom stereocenters. The molecule has 2 saturated heterocycles. The van der Waals surface area contributed by atoms with Crippen molar-refractivity contribution in [3.8, 4) is 0 Å². The number of carboxylic acid groups (broad SMARTS) is 1.